The fourth-order valence-corrected chi connectivity index (χ4v) is 2.91. The van der Waals surface area contributed by atoms with Gasteiger partial charge in [0.1, 0.15) is 5.75 Å². The highest BCUT2D eigenvalue weighted by Crippen LogP contribution is 2.38. The molecule has 1 unspecified atom stereocenters. The maximum Gasteiger partial charge on any atom is 0.224 e. The molecular formula is C22H29NO5. The Morgan fingerprint density at radius 2 is 1.50 bits per heavy atom. The third-order valence-electron chi connectivity index (χ3n) is 4.22. The first-order valence-corrected chi connectivity index (χ1v) is 9.22. The first-order chi connectivity index (χ1) is 13.4. The van der Waals surface area contributed by atoms with E-state index < -0.39 is 0 Å². The Kier molecular flexibility index (Phi) is 7.55. The first-order valence-electron chi connectivity index (χ1n) is 9.22. The van der Waals surface area contributed by atoms with E-state index in [0.29, 0.717) is 17.2 Å². The number of carbonyl (C=O) groups excluding carboxylic acids is 1. The van der Waals surface area contributed by atoms with Crippen LogP contribution in [0, 0.1) is 0 Å². The quantitative estimate of drug-likeness (QED) is 0.706. The molecule has 0 heterocycles. The van der Waals surface area contributed by atoms with E-state index in [2.05, 4.69) is 5.32 Å². The second-order valence-corrected chi connectivity index (χ2v) is 6.74. The standard InChI is InChI=1S/C22H29NO5/c1-14(2)28-18-9-7-17(8-10-18)15(3)23-21(24)13-16-11-19(25-4)22(27-6)20(12-16)26-5/h7-12,14-15H,13H2,1-6H3,(H,23,24). The predicted octanol–water partition coefficient (Wildman–Crippen LogP) is 3.92. The highest BCUT2D eigenvalue weighted by atomic mass is 16.5. The SMILES string of the molecule is COc1cc(CC(=O)NC(C)c2ccc(OC(C)C)cc2)cc(OC)c1OC. The van der Waals surface area contributed by atoms with E-state index >= 15 is 0 Å². The summed E-state index contributed by atoms with van der Waals surface area (Å²) >= 11 is 0. The number of hydrogen-bond acceptors (Lipinski definition) is 5. The summed E-state index contributed by atoms with van der Waals surface area (Å²) in [5.74, 6) is 2.28. The Bertz CT molecular complexity index is 761. The van der Waals surface area contributed by atoms with E-state index in [1.165, 1.54) is 0 Å². The summed E-state index contributed by atoms with van der Waals surface area (Å²) in [6.07, 6.45) is 0.330. The van der Waals surface area contributed by atoms with Gasteiger partial charge in [-0.25, -0.2) is 0 Å². The molecule has 1 atom stereocenters. The van der Waals surface area contributed by atoms with Crippen LogP contribution in [0.25, 0.3) is 0 Å². The van der Waals surface area contributed by atoms with Gasteiger partial charge in [-0.1, -0.05) is 12.1 Å². The minimum atomic E-state index is -0.123. The van der Waals surface area contributed by atoms with Gasteiger partial charge in [0.05, 0.1) is 39.9 Å². The van der Waals surface area contributed by atoms with Crippen molar-refractivity contribution in [2.24, 2.45) is 0 Å². The van der Waals surface area contributed by atoms with E-state index in [1.807, 2.05) is 45.0 Å². The molecule has 0 aliphatic rings. The fraction of sp³-hybridized carbons (Fsp3) is 0.409. The summed E-state index contributed by atoms with van der Waals surface area (Å²) < 4.78 is 21.6. The van der Waals surface area contributed by atoms with E-state index in [9.17, 15) is 4.79 Å². The Morgan fingerprint density at radius 1 is 0.929 bits per heavy atom. The van der Waals surface area contributed by atoms with Gasteiger partial charge >= 0.3 is 0 Å². The van der Waals surface area contributed by atoms with Crippen LogP contribution in [0.15, 0.2) is 36.4 Å². The van der Waals surface area contributed by atoms with E-state index in [0.717, 1.165) is 16.9 Å². The Hall–Kier alpha value is -2.89. The van der Waals surface area contributed by atoms with Gasteiger partial charge in [0, 0.05) is 0 Å². The van der Waals surface area contributed by atoms with Crippen LogP contribution in [0.3, 0.4) is 0 Å². The molecule has 0 aliphatic carbocycles. The molecule has 2 aromatic rings. The second kappa shape index (κ2) is 9.88. The van der Waals surface area contributed by atoms with Crippen LogP contribution >= 0.6 is 0 Å². The molecule has 6 heteroatoms. The molecule has 152 valence electrons. The van der Waals surface area contributed by atoms with E-state index in [1.54, 1.807) is 33.5 Å². The third kappa shape index (κ3) is 5.55. The van der Waals surface area contributed by atoms with Gasteiger partial charge < -0.3 is 24.3 Å². The van der Waals surface area contributed by atoms with Gasteiger partial charge in [-0.05, 0) is 56.2 Å². The molecule has 2 rings (SSSR count). The molecule has 0 aromatic heterocycles. The van der Waals surface area contributed by atoms with Gasteiger partial charge in [-0.15, -0.1) is 0 Å². The van der Waals surface area contributed by atoms with Crippen LogP contribution in [0.4, 0.5) is 0 Å². The minimum absolute atomic E-state index is 0.0933. The summed E-state index contributed by atoms with van der Waals surface area (Å²) in [6.45, 7) is 5.92. The largest absolute Gasteiger partial charge is 0.493 e. The van der Waals surface area contributed by atoms with Crippen molar-refractivity contribution in [2.75, 3.05) is 21.3 Å². The summed E-state index contributed by atoms with van der Waals surface area (Å²) in [6, 6.07) is 11.2. The van der Waals surface area contributed by atoms with Crippen molar-refractivity contribution in [1.82, 2.24) is 5.32 Å². The minimum Gasteiger partial charge on any atom is -0.493 e. The lowest BCUT2D eigenvalue weighted by Gasteiger charge is -2.17. The number of carbonyl (C=O) groups is 1. The van der Waals surface area contributed by atoms with Gasteiger partial charge in [-0.3, -0.25) is 4.79 Å². The first kappa shape index (κ1) is 21.4. The number of benzene rings is 2. The highest BCUT2D eigenvalue weighted by molar-refractivity contribution is 5.79. The number of hydrogen-bond donors (Lipinski definition) is 1. The van der Waals surface area contributed by atoms with Gasteiger partial charge in [0.15, 0.2) is 11.5 Å². The lowest BCUT2D eigenvalue weighted by molar-refractivity contribution is -0.121. The third-order valence-corrected chi connectivity index (χ3v) is 4.22. The molecule has 0 fully saturated rings. The van der Waals surface area contributed by atoms with Gasteiger partial charge in [-0.2, -0.15) is 0 Å². The van der Waals surface area contributed by atoms with Crippen molar-refractivity contribution in [3.05, 3.63) is 47.5 Å². The van der Waals surface area contributed by atoms with Crippen LogP contribution in [-0.4, -0.2) is 33.3 Å². The maximum absolute atomic E-state index is 12.5. The zero-order chi connectivity index (χ0) is 20.7. The smallest absolute Gasteiger partial charge is 0.224 e. The van der Waals surface area contributed by atoms with Gasteiger partial charge in [0.25, 0.3) is 0 Å². The molecule has 0 bridgehead atoms. The number of nitrogens with one attached hydrogen (secondary N) is 1. The molecule has 1 N–H and O–H groups in total. The fourth-order valence-electron chi connectivity index (χ4n) is 2.91. The molecule has 6 nitrogen and oxygen atoms in total. The van der Waals surface area contributed by atoms with Crippen LogP contribution in [0.1, 0.15) is 37.9 Å². The molecule has 0 saturated carbocycles. The van der Waals surface area contributed by atoms with E-state index in [4.69, 9.17) is 18.9 Å². The van der Waals surface area contributed by atoms with Gasteiger partial charge in [0.2, 0.25) is 11.7 Å². The highest BCUT2D eigenvalue weighted by Gasteiger charge is 2.16. The molecule has 0 radical (unpaired) electrons. The topological polar surface area (TPSA) is 66.0 Å². The molecule has 0 aliphatic heterocycles. The maximum atomic E-state index is 12.5. The Labute approximate surface area is 166 Å². The van der Waals surface area contributed by atoms with Crippen LogP contribution in [0.5, 0.6) is 23.0 Å². The lowest BCUT2D eigenvalue weighted by Crippen LogP contribution is -2.28. The molecule has 0 spiro atoms. The monoisotopic (exact) mass is 387 g/mol. The van der Waals surface area contributed by atoms with Crippen LogP contribution < -0.4 is 24.3 Å². The summed E-state index contributed by atoms with van der Waals surface area (Å²) in [7, 11) is 4.65. The average molecular weight is 387 g/mol. The van der Waals surface area contributed by atoms with E-state index in [-0.39, 0.29) is 24.5 Å². The Morgan fingerprint density at radius 3 is 1.96 bits per heavy atom. The predicted molar refractivity (Wildman–Crippen MR) is 109 cm³/mol. The molecule has 28 heavy (non-hydrogen) atoms. The zero-order valence-electron chi connectivity index (χ0n) is 17.4. The number of rotatable bonds is 9. The van der Waals surface area contributed by atoms with Crippen LogP contribution in [-0.2, 0) is 11.2 Å². The van der Waals surface area contributed by atoms with Crippen molar-refractivity contribution < 1.29 is 23.7 Å². The van der Waals surface area contributed by atoms with Crippen molar-refractivity contribution in [1.29, 1.82) is 0 Å². The average Bonchev–Trinajstić information content (AvgIpc) is 2.66. The molecule has 0 saturated heterocycles. The summed E-state index contributed by atoms with van der Waals surface area (Å²) in [5.41, 5.74) is 1.79. The Balaban J connectivity index is 2.05. The van der Waals surface area contributed by atoms with Crippen molar-refractivity contribution >= 4 is 5.91 Å². The normalized spacial score (nSPS) is 11.7. The summed E-state index contributed by atoms with van der Waals surface area (Å²) in [5, 5.41) is 3.02. The second-order valence-electron chi connectivity index (χ2n) is 6.74. The molecule has 1 amide bonds. The summed E-state index contributed by atoms with van der Waals surface area (Å²) in [4.78, 5) is 12.5. The number of methoxy groups -OCH3 is 3. The van der Waals surface area contributed by atoms with Crippen molar-refractivity contribution in [3.63, 3.8) is 0 Å². The lowest BCUT2D eigenvalue weighted by atomic mass is 10.1. The zero-order valence-corrected chi connectivity index (χ0v) is 17.4. The molecular weight excluding hydrogens is 358 g/mol. The number of ether oxygens (including phenoxy) is 4. The molecule has 2 aromatic carbocycles. The van der Waals surface area contributed by atoms with Crippen LogP contribution in [0.2, 0.25) is 0 Å². The number of amides is 1. The van der Waals surface area contributed by atoms with Crippen molar-refractivity contribution in [2.45, 2.75) is 39.3 Å². The van der Waals surface area contributed by atoms with Crippen molar-refractivity contribution in [3.8, 4) is 23.0 Å².